The van der Waals surface area contributed by atoms with Crippen molar-refractivity contribution in [3.63, 3.8) is 0 Å². The molecule has 7 aromatic carbocycles. The molecule has 0 aliphatic carbocycles. The molecule has 11 aromatic rings. The molecule has 11 rings (SSSR count). The maximum atomic E-state index is 5.32. The summed E-state index contributed by atoms with van der Waals surface area (Å²) in [6, 6.07) is 64.1. The van der Waals surface area contributed by atoms with E-state index in [4.69, 9.17) is 15.0 Å². The average Bonchev–Trinajstić information content (AvgIpc) is 3.80. The zero-order valence-electron chi connectivity index (χ0n) is 29.0. The van der Waals surface area contributed by atoms with Crippen molar-refractivity contribution >= 4 is 64.2 Å². The first kappa shape index (κ1) is 30.7. The van der Waals surface area contributed by atoms with E-state index in [0.717, 1.165) is 55.9 Å². The van der Waals surface area contributed by atoms with E-state index in [1.807, 2.05) is 6.07 Å². The van der Waals surface area contributed by atoms with Gasteiger partial charge in [-0.05, 0) is 54.6 Å². The molecule has 0 unspecified atom stereocenters. The Morgan fingerprint density at radius 3 is 1.76 bits per heavy atom. The molecule has 5 heteroatoms. The van der Waals surface area contributed by atoms with Crippen molar-refractivity contribution in [2.24, 2.45) is 0 Å². The summed E-state index contributed by atoms with van der Waals surface area (Å²) < 4.78 is 4.75. The number of thiophene rings is 1. The van der Waals surface area contributed by atoms with Crippen molar-refractivity contribution in [2.75, 3.05) is 0 Å². The summed E-state index contributed by atoms with van der Waals surface area (Å²) in [4.78, 5) is 15.7. The van der Waals surface area contributed by atoms with Gasteiger partial charge in [0.05, 0.1) is 38.3 Å². The largest absolute Gasteiger partial charge is 0.309 e. The minimum Gasteiger partial charge on any atom is -0.309 e. The van der Waals surface area contributed by atoms with Gasteiger partial charge in [0.1, 0.15) is 0 Å². The van der Waals surface area contributed by atoms with Crippen molar-refractivity contribution in [1.82, 2.24) is 19.5 Å². The normalized spacial score (nSPS) is 11.7. The second-order valence-corrected chi connectivity index (χ2v) is 14.7. The summed E-state index contributed by atoms with van der Waals surface area (Å²) in [6.07, 6.45) is 0. The number of para-hydroxylation sites is 3. The molecule has 0 bridgehead atoms. The highest BCUT2D eigenvalue weighted by Gasteiger charge is 2.19. The first-order chi connectivity index (χ1) is 26.8. The summed E-state index contributed by atoms with van der Waals surface area (Å²) in [5.74, 6) is 0.691. The smallest absolute Gasteiger partial charge is 0.160 e. The summed E-state index contributed by atoms with van der Waals surface area (Å²) in [6.45, 7) is 0. The van der Waals surface area contributed by atoms with E-state index in [-0.39, 0.29) is 0 Å². The van der Waals surface area contributed by atoms with E-state index in [9.17, 15) is 0 Å². The van der Waals surface area contributed by atoms with Crippen molar-refractivity contribution in [1.29, 1.82) is 0 Å². The monoisotopic (exact) mass is 706 g/mol. The van der Waals surface area contributed by atoms with Gasteiger partial charge < -0.3 is 4.57 Å². The Kier molecular flexibility index (Phi) is 7.00. The third-order valence-corrected chi connectivity index (χ3v) is 11.6. The van der Waals surface area contributed by atoms with Crippen LogP contribution < -0.4 is 0 Å². The van der Waals surface area contributed by atoms with E-state index >= 15 is 0 Å². The highest BCUT2D eigenvalue weighted by molar-refractivity contribution is 7.26. The number of hydrogen-bond donors (Lipinski definition) is 0. The number of fused-ring (bicyclic) bond motifs is 8. The molecule has 0 fully saturated rings. The molecule has 0 atom stereocenters. The number of rotatable bonds is 5. The van der Waals surface area contributed by atoms with Gasteiger partial charge in [0, 0.05) is 59.6 Å². The highest BCUT2D eigenvalue weighted by Crippen LogP contribution is 2.44. The molecule has 0 radical (unpaired) electrons. The molecule has 54 heavy (non-hydrogen) atoms. The van der Waals surface area contributed by atoms with Gasteiger partial charge >= 0.3 is 0 Å². The van der Waals surface area contributed by atoms with E-state index in [1.165, 1.54) is 42.0 Å². The van der Waals surface area contributed by atoms with Crippen molar-refractivity contribution < 1.29 is 0 Å². The summed E-state index contributed by atoms with van der Waals surface area (Å²) in [5.41, 5.74) is 11.4. The predicted octanol–water partition coefficient (Wildman–Crippen LogP) is 13.2. The van der Waals surface area contributed by atoms with Gasteiger partial charge in [0.25, 0.3) is 0 Å². The zero-order chi connectivity index (χ0) is 35.6. The van der Waals surface area contributed by atoms with Crippen LogP contribution in [-0.2, 0) is 0 Å². The SMILES string of the molecule is c1ccc(-c2cc(-c3cccc(-n4c5ccccc5c5ccccc54)c3)nc(-c3ccc4sc5c(-c6ccccc6)nc6ccccc6c5c4c3)n2)cc1. The van der Waals surface area contributed by atoms with Crippen molar-refractivity contribution in [3.8, 4) is 50.8 Å². The molecule has 4 aromatic heterocycles. The van der Waals surface area contributed by atoms with Crippen LogP contribution in [0.5, 0.6) is 0 Å². The fraction of sp³-hybridized carbons (Fsp3) is 0. The van der Waals surface area contributed by atoms with Crippen LogP contribution in [0.1, 0.15) is 0 Å². The van der Waals surface area contributed by atoms with E-state index in [1.54, 1.807) is 11.3 Å². The molecule has 0 N–H and O–H groups in total. The number of aromatic nitrogens is 4. The lowest BCUT2D eigenvalue weighted by Crippen LogP contribution is -1.97. The average molecular weight is 707 g/mol. The Bertz CT molecular complexity index is 3160. The fourth-order valence-corrected chi connectivity index (χ4v) is 9.11. The van der Waals surface area contributed by atoms with Crippen LogP contribution >= 0.6 is 11.3 Å². The van der Waals surface area contributed by atoms with Gasteiger partial charge in [-0.15, -0.1) is 11.3 Å². The molecule has 0 amide bonds. The minimum atomic E-state index is 0.691. The lowest BCUT2D eigenvalue weighted by Gasteiger charge is -2.12. The van der Waals surface area contributed by atoms with Gasteiger partial charge in [-0.2, -0.15) is 0 Å². The van der Waals surface area contributed by atoms with E-state index in [0.29, 0.717) is 5.82 Å². The molecule has 4 heterocycles. The lowest BCUT2D eigenvalue weighted by molar-refractivity contribution is 1.16. The second kappa shape index (κ2) is 12.3. The highest BCUT2D eigenvalue weighted by atomic mass is 32.1. The summed E-state index contributed by atoms with van der Waals surface area (Å²) in [5, 5.41) is 6.04. The van der Waals surface area contributed by atoms with E-state index in [2.05, 4.69) is 180 Å². The fourth-order valence-electron chi connectivity index (χ4n) is 7.90. The summed E-state index contributed by atoms with van der Waals surface area (Å²) >= 11 is 1.80. The number of hydrogen-bond acceptors (Lipinski definition) is 4. The number of pyridine rings is 1. The Morgan fingerprint density at radius 1 is 0.407 bits per heavy atom. The van der Waals surface area contributed by atoms with Crippen LogP contribution in [0.25, 0.3) is 104 Å². The van der Waals surface area contributed by atoms with Gasteiger partial charge in [0.2, 0.25) is 0 Å². The second-order valence-electron chi connectivity index (χ2n) is 13.6. The number of nitrogens with zero attached hydrogens (tertiary/aromatic N) is 4. The molecule has 0 spiro atoms. The Balaban J connectivity index is 1.12. The standard InChI is InChI=1S/C49H30N4S/c1-3-14-31(15-4-1)41-30-42(33-18-13-19-35(28-33)53-43-24-11-8-20-36(43)37-21-9-12-25-44(37)53)52-49(51-41)34-26-27-45-39(29-34)46-38-22-7-10-23-40(38)50-47(48(46)54-45)32-16-5-2-6-17-32/h1-30H. The predicted molar refractivity (Wildman–Crippen MR) is 226 cm³/mol. The molecule has 0 saturated heterocycles. The lowest BCUT2D eigenvalue weighted by atomic mass is 10.0. The van der Waals surface area contributed by atoms with Crippen LogP contribution in [0.15, 0.2) is 182 Å². The molecule has 0 saturated carbocycles. The van der Waals surface area contributed by atoms with Crippen LogP contribution in [0, 0.1) is 0 Å². The maximum absolute atomic E-state index is 5.32. The Morgan fingerprint density at radius 2 is 1.02 bits per heavy atom. The van der Waals surface area contributed by atoms with Crippen LogP contribution in [0.2, 0.25) is 0 Å². The van der Waals surface area contributed by atoms with Crippen LogP contribution in [-0.4, -0.2) is 19.5 Å². The first-order valence-electron chi connectivity index (χ1n) is 18.1. The van der Waals surface area contributed by atoms with Gasteiger partial charge in [-0.25, -0.2) is 15.0 Å². The van der Waals surface area contributed by atoms with Crippen LogP contribution in [0.4, 0.5) is 0 Å². The quantitative estimate of drug-likeness (QED) is 0.179. The van der Waals surface area contributed by atoms with Gasteiger partial charge in [-0.3, -0.25) is 0 Å². The van der Waals surface area contributed by atoms with Gasteiger partial charge in [0.15, 0.2) is 5.82 Å². The molecule has 4 nitrogen and oxygen atoms in total. The third kappa shape index (κ3) is 4.94. The molecular formula is C49H30N4S. The van der Waals surface area contributed by atoms with E-state index < -0.39 is 0 Å². The topological polar surface area (TPSA) is 43.6 Å². The minimum absolute atomic E-state index is 0.691. The van der Waals surface area contributed by atoms with Crippen molar-refractivity contribution in [2.45, 2.75) is 0 Å². The summed E-state index contributed by atoms with van der Waals surface area (Å²) in [7, 11) is 0. The maximum Gasteiger partial charge on any atom is 0.160 e. The number of benzene rings is 7. The van der Waals surface area contributed by atoms with Crippen molar-refractivity contribution in [3.05, 3.63) is 182 Å². The molecule has 252 valence electrons. The first-order valence-corrected chi connectivity index (χ1v) is 18.9. The Hall–Kier alpha value is -6.95. The zero-order valence-corrected chi connectivity index (χ0v) is 29.8. The van der Waals surface area contributed by atoms with Crippen LogP contribution in [0.3, 0.4) is 0 Å². The van der Waals surface area contributed by atoms with Gasteiger partial charge in [-0.1, -0.05) is 127 Å². The molecule has 0 aliphatic rings. The third-order valence-electron chi connectivity index (χ3n) is 10.4. The molecule has 0 aliphatic heterocycles. The molecular weight excluding hydrogens is 677 g/mol. The Labute approximate surface area is 315 Å².